The third kappa shape index (κ3) is 3.72. The van der Waals surface area contributed by atoms with Crippen LogP contribution in [0.15, 0.2) is 41.0 Å². The maximum absolute atomic E-state index is 6.10. The van der Waals surface area contributed by atoms with Crippen LogP contribution in [0.2, 0.25) is 5.02 Å². The normalized spacial score (nSPS) is 12.2. The van der Waals surface area contributed by atoms with Crippen molar-refractivity contribution in [1.29, 1.82) is 0 Å². The minimum atomic E-state index is 0.263. The summed E-state index contributed by atoms with van der Waals surface area (Å²) >= 11 is 9.49. The van der Waals surface area contributed by atoms with Gasteiger partial charge in [0.25, 0.3) is 0 Å². The van der Waals surface area contributed by atoms with Crippen molar-refractivity contribution in [1.82, 2.24) is 10.3 Å². The van der Waals surface area contributed by atoms with Crippen molar-refractivity contribution >= 4 is 27.5 Å². The summed E-state index contributed by atoms with van der Waals surface area (Å²) in [6, 6.07) is 9.62. The second-order valence-corrected chi connectivity index (χ2v) is 5.67. The quantitative estimate of drug-likeness (QED) is 0.823. The van der Waals surface area contributed by atoms with Gasteiger partial charge < -0.3 is 10.1 Å². The molecule has 5 heteroatoms. The van der Waals surface area contributed by atoms with Crippen LogP contribution in [-0.4, -0.2) is 12.0 Å². The predicted octanol–water partition coefficient (Wildman–Crippen LogP) is 4.96. The van der Waals surface area contributed by atoms with E-state index in [1.165, 1.54) is 0 Å². The first-order valence-electron chi connectivity index (χ1n) is 6.40. The molecule has 0 saturated heterocycles. The van der Waals surface area contributed by atoms with Gasteiger partial charge in [0.2, 0.25) is 0 Å². The Morgan fingerprint density at radius 1 is 1.35 bits per heavy atom. The van der Waals surface area contributed by atoms with Crippen molar-refractivity contribution in [3.8, 4) is 11.5 Å². The second-order valence-electron chi connectivity index (χ2n) is 4.35. The fourth-order valence-corrected chi connectivity index (χ4v) is 2.40. The van der Waals surface area contributed by atoms with Crippen LogP contribution >= 0.6 is 27.5 Å². The van der Waals surface area contributed by atoms with E-state index >= 15 is 0 Å². The SMILES string of the molecule is CCC(NC)c1ccc(Oc2cc(Br)ccc2Cl)cn1. The van der Waals surface area contributed by atoms with Gasteiger partial charge in [0.1, 0.15) is 11.5 Å². The topological polar surface area (TPSA) is 34.1 Å². The molecule has 0 aliphatic rings. The Balaban J connectivity index is 2.16. The minimum Gasteiger partial charge on any atom is -0.454 e. The largest absolute Gasteiger partial charge is 0.454 e. The number of rotatable bonds is 5. The highest BCUT2D eigenvalue weighted by Gasteiger charge is 2.09. The molecule has 0 bridgehead atoms. The molecule has 2 aromatic rings. The Bertz CT molecular complexity index is 571. The van der Waals surface area contributed by atoms with Crippen molar-refractivity contribution in [2.75, 3.05) is 7.05 Å². The molecule has 0 saturated carbocycles. The number of hydrogen-bond donors (Lipinski definition) is 1. The molecule has 1 atom stereocenters. The van der Waals surface area contributed by atoms with E-state index < -0.39 is 0 Å². The van der Waals surface area contributed by atoms with Crippen LogP contribution in [0, 0.1) is 0 Å². The van der Waals surface area contributed by atoms with Crippen molar-refractivity contribution in [2.45, 2.75) is 19.4 Å². The maximum Gasteiger partial charge on any atom is 0.147 e. The number of nitrogens with zero attached hydrogens (tertiary/aromatic N) is 1. The Morgan fingerprint density at radius 3 is 2.75 bits per heavy atom. The van der Waals surface area contributed by atoms with Crippen LogP contribution in [0.25, 0.3) is 0 Å². The number of ether oxygens (including phenoxy) is 1. The zero-order valence-corrected chi connectivity index (χ0v) is 13.7. The molecule has 20 heavy (non-hydrogen) atoms. The molecule has 1 N–H and O–H groups in total. The van der Waals surface area contributed by atoms with Gasteiger partial charge in [-0.3, -0.25) is 4.98 Å². The van der Waals surface area contributed by atoms with Crippen LogP contribution in [0.3, 0.4) is 0 Å². The van der Waals surface area contributed by atoms with Crippen LogP contribution in [0.4, 0.5) is 0 Å². The summed E-state index contributed by atoms with van der Waals surface area (Å²) in [6.07, 6.45) is 2.70. The third-order valence-electron chi connectivity index (χ3n) is 2.99. The fourth-order valence-electron chi connectivity index (χ4n) is 1.90. The number of aromatic nitrogens is 1. The van der Waals surface area contributed by atoms with Crippen LogP contribution in [0.5, 0.6) is 11.5 Å². The van der Waals surface area contributed by atoms with Crippen molar-refractivity contribution in [3.05, 3.63) is 51.7 Å². The van der Waals surface area contributed by atoms with Crippen molar-refractivity contribution in [3.63, 3.8) is 0 Å². The first-order chi connectivity index (χ1) is 9.63. The van der Waals surface area contributed by atoms with Gasteiger partial charge in [0, 0.05) is 10.5 Å². The molecule has 1 aromatic carbocycles. The lowest BCUT2D eigenvalue weighted by Gasteiger charge is -2.14. The van der Waals surface area contributed by atoms with Gasteiger partial charge in [-0.05, 0) is 43.8 Å². The molecule has 0 aliphatic heterocycles. The van der Waals surface area contributed by atoms with E-state index in [1.54, 1.807) is 12.3 Å². The summed E-state index contributed by atoms with van der Waals surface area (Å²) in [5, 5.41) is 3.79. The fraction of sp³-hybridized carbons (Fsp3) is 0.267. The van der Waals surface area contributed by atoms with E-state index in [-0.39, 0.29) is 6.04 Å². The molecule has 106 valence electrons. The van der Waals surface area contributed by atoms with Crippen LogP contribution in [-0.2, 0) is 0 Å². The van der Waals surface area contributed by atoms with E-state index in [0.29, 0.717) is 16.5 Å². The van der Waals surface area contributed by atoms with Gasteiger partial charge in [-0.25, -0.2) is 0 Å². The lowest BCUT2D eigenvalue weighted by atomic mass is 10.1. The maximum atomic E-state index is 6.10. The van der Waals surface area contributed by atoms with Gasteiger partial charge in [-0.2, -0.15) is 0 Å². The van der Waals surface area contributed by atoms with E-state index in [1.807, 2.05) is 31.3 Å². The first kappa shape index (κ1) is 15.3. The molecule has 2 rings (SSSR count). The number of pyridine rings is 1. The van der Waals surface area contributed by atoms with E-state index in [9.17, 15) is 0 Å². The van der Waals surface area contributed by atoms with Gasteiger partial charge in [-0.1, -0.05) is 34.5 Å². The summed E-state index contributed by atoms with van der Waals surface area (Å²) in [5.74, 6) is 1.27. The molecule has 1 unspecified atom stereocenters. The molecule has 1 aromatic heterocycles. The zero-order valence-electron chi connectivity index (χ0n) is 11.4. The summed E-state index contributed by atoms with van der Waals surface area (Å²) < 4.78 is 6.67. The van der Waals surface area contributed by atoms with Crippen molar-refractivity contribution in [2.24, 2.45) is 0 Å². The molecule has 0 amide bonds. The third-order valence-corrected chi connectivity index (χ3v) is 3.80. The molecule has 1 heterocycles. The molecule has 0 aliphatic carbocycles. The average Bonchev–Trinajstić information content (AvgIpc) is 2.46. The van der Waals surface area contributed by atoms with E-state index in [0.717, 1.165) is 16.6 Å². The highest BCUT2D eigenvalue weighted by molar-refractivity contribution is 9.10. The monoisotopic (exact) mass is 354 g/mol. The molecule has 0 radical (unpaired) electrons. The lowest BCUT2D eigenvalue weighted by Crippen LogP contribution is -2.16. The second kappa shape index (κ2) is 7.07. The van der Waals surface area contributed by atoms with Gasteiger partial charge in [-0.15, -0.1) is 0 Å². The smallest absolute Gasteiger partial charge is 0.147 e. The zero-order chi connectivity index (χ0) is 14.5. The highest BCUT2D eigenvalue weighted by Crippen LogP contribution is 2.32. The summed E-state index contributed by atoms with van der Waals surface area (Å²) in [5.41, 5.74) is 1.00. The number of halogens is 2. The Labute approximate surface area is 132 Å². The standard InChI is InChI=1S/C15H16BrClN2O/c1-3-13(18-2)14-7-5-11(9-19-14)20-15-8-10(16)4-6-12(15)17/h4-9,13,18H,3H2,1-2H3. The molecular weight excluding hydrogens is 340 g/mol. The van der Waals surface area contributed by atoms with Crippen LogP contribution in [0.1, 0.15) is 25.1 Å². The van der Waals surface area contributed by atoms with Crippen molar-refractivity contribution < 1.29 is 4.74 Å². The Morgan fingerprint density at radius 2 is 2.15 bits per heavy atom. The minimum absolute atomic E-state index is 0.263. The Kier molecular flexibility index (Phi) is 5.40. The number of hydrogen-bond acceptors (Lipinski definition) is 3. The number of benzene rings is 1. The summed E-state index contributed by atoms with van der Waals surface area (Å²) in [4.78, 5) is 4.43. The molecule has 0 spiro atoms. The highest BCUT2D eigenvalue weighted by atomic mass is 79.9. The van der Waals surface area contributed by atoms with E-state index in [4.69, 9.17) is 16.3 Å². The van der Waals surface area contributed by atoms with Gasteiger partial charge in [0.05, 0.1) is 16.9 Å². The molecule has 0 fully saturated rings. The Hall–Kier alpha value is -1.10. The van der Waals surface area contributed by atoms with E-state index in [2.05, 4.69) is 33.2 Å². The predicted molar refractivity (Wildman–Crippen MR) is 85.6 cm³/mol. The number of nitrogens with one attached hydrogen (secondary N) is 1. The first-order valence-corrected chi connectivity index (χ1v) is 7.57. The summed E-state index contributed by atoms with van der Waals surface area (Å²) in [6.45, 7) is 2.12. The molecular formula is C15H16BrClN2O. The van der Waals surface area contributed by atoms with Gasteiger partial charge in [0.15, 0.2) is 0 Å². The van der Waals surface area contributed by atoms with Gasteiger partial charge >= 0.3 is 0 Å². The average molecular weight is 356 g/mol. The lowest BCUT2D eigenvalue weighted by molar-refractivity contribution is 0.477. The summed E-state index contributed by atoms with van der Waals surface area (Å²) in [7, 11) is 1.93. The van der Waals surface area contributed by atoms with Crippen LogP contribution < -0.4 is 10.1 Å². The molecule has 3 nitrogen and oxygen atoms in total.